The van der Waals surface area contributed by atoms with Gasteiger partial charge in [-0.05, 0) is 54.1 Å². The number of amides is 2. The third-order valence-corrected chi connectivity index (χ3v) is 5.04. The first-order valence-corrected chi connectivity index (χ1v) is 10.3. The van der Waals surface area contributed by atoms with Crippen LogP contribution in [0.5, 0.6) is 0 Å². The molecule has 0 aliphatic rings. The molecule has 3 aromatic rings. The van der Waals surface area contributed by atoms with E-state index < -0.39 is 21.7 Å². The van der Waals surface area contributed by atoms with Crippen LogP contribution in [0.15, 0.2) is 77.7 Å². The highest BCUT2D eigenvalue weighted by Gasteiger charge is 2.11. The highest BCUT2D eigenvalue weighted by molar-refractivity contribution is 7.89. The summed E-state index contributed by atoms with van der Waals surface area (Å²) in [5.74, 6) is -1.26. The van der Waals surface area contributed by atoms with Crippen LogP contribution in [-0.4, -0.2) is 20.2 Å². The quantitative estimate of drug-likeness (QED) is 0.560. The molecule has 154 valence electrons. The zero-order chi connectivity index (χ0) is 21.7. The number of carbonyl (C=O) groups is 2. The molecule has 7 nitrogen and oxygen atoms in total. The normalized spacial score (nSPS) is 11.0. The number of benzene rings is 3. The van der Waals surface area contributed by atoms with Crippen LogP contribution in [0.25, 0.3) is 0 Å². The molecule has 9 heteroatoms. The minimum absolute atomic E-state index is 0.00458. The molecule has 0 saturated heterocycles. The maximum atomic E-state index is 13.3. The van der Waals surface area contributed by atoms with Gasteiger partial charge in [0.25, 0.3) is 5.91 Å². The number of hydrogen-bond acceptors (Lipinski definition) is 4. The van der Waals surface area contributed by atoms with Crippen molar-refractivity contribution in [2.24, 2.45) is 5.14 Å². The second kappa shape index (κ2) is 8.85. The number of nitrogens with one attached hydrogen (secondary N) is 2. The van der Waals surface area contributed by atoms with Gasteiger partial charge in [-0.25, -0.2) is 17.9 Å². The van der Waals surface area contributed by atoms with Gasteiger partial charge in [-0.15, -0.1) is 0 Å². The van der Waals surface area contributed by atoms with Crippen LogP contribution in [0.1, 0.15) is 15.9 Å². The Kier molecular flexibility index (Phi) is 6.24. The van der Waals surface area contributed by atoms with Crippen molar-refractivity contribution in [2.45, 2.75) is 11.3 Å². The van der Waals surface area contributed by atoms with E-state index in [2.05, 4.69) is 10.6 Å². The van der Waals surface area contributed by atoms with Gasteiger partial charge in [0.2, 0.25) is 15.9 Å². The third kappa shape index (κ3) is 5.72. The van der Waals surface area contributed by atoms with Crippen LogP contribution in [-0.2, 0) is 21.2 Å². The molecule has 4 N–H and O–H groups in total. The van der Waals surface area contributed by atoms with Crippen LogP contribution >= 0.6 is 0 Å². The first-order chi connectivity index (χ1) is 14.2. The minimum Gasteiger partial charge on any atom is -0.326 e. The summed E-state index contributed by atoms with van der Waals surface area (Å²) >= 11 is 0. The van der Waals surface area contributed by atoms with Crippen molar-refractivity contribution in [1.82, 2.24) is 0 Å². The van der Waals surface area contributed by atoms with E-state index in [9.17, 15) is 22.4 Å². The maximum absolute atomic E-state index is 13.3. The zero-order valence-corrected chi connectivity index (χ0v) is 16.4. The number of sulfonamides is 1. The first-order valence-electron chi connectivity index (χ1n) is 8.79. The molecular weight excluding hydrogens is 409 g/mol. The molecule has 0 aliphatic carbocycles. The standard InChI is InChI=1S/C21H18FN3O4S/c22-16-4-2-6-18(13-16)25-21(27)15-3-1-5-17(12-15)24-20(26)11-14-7-9-19(10-8-14)30(23,28)29/h1-10,12-13H,11H2,(H,24,26)(H,25,27)(H2,23,28,29). The van der Waals surface area contributed by atoms with Crippen LogP contribution in [0, 0.1) is 5.82 Å². The molecule has 0 spiro atoms. The smallest absolute Gasteiger partial charge is 0.255 e. The van der Waals surface area contributed by atoms with Gasteiger partial charge < -0.3 is 10.6 Å². The molecule has 0 heterocycles. The van der Waals surface area contributed by atoms with E-state index in [1.807, 2.05) is 0 Å². The van der Waals surface area contributed by atoms with Crippen LogP contribution in [0.3, 0.4) is 0 Å². The SMILES string of the molecule is NS(=O)(=O)c1ccc(CC(=O)Nc2cccc(C(=O)Nc3cccc(F)c3)c2)cc1. The van der Waals surface area contributed by atoms with Crippen molar-refractivity contribution in [1.29, 1.82) is 0 Å². The lowest BCUT2D eigenvalue weighted by molar-refractivity contribution is -0.115. The Morgan fingerprint density at radius 3 is 2.13 bits per heavy atom. The molecule has 0 bridgehead atoms. The van der Waals surface area contributed by atoms with Gasteiger partial charge in [0, 0.05) is 16.9 Å². The lowest BCUT2D eigenvalue weighted by atomic mass is 10.1. The number of primary sulfonamides is 1. The lowest BCUT2D eigenvalue weighted by Gasteiger charge is -2.09. The van der Waals surface area contributed by atoms with Crippen molar-refractivity contribution < 1.29 is 22.4 Å². The Balaban J connectivity index is 1.64. The van der Waals surface area contributed by atoms with Gasteiger partial charge in [0.1, 0.15) is 5.82 Å². The van der Waals surface area contributed by atoms with Crippen molar-refractivity contribution >= 4 is 33.2 Å². The molecule has 0 radical (unpaired) electrons. The van der Waals surface area contributed by atoms with E-state index >= 15 is 0 Å². The summed E-state index contributed by atoms with van der Waals surface area (Å²) in [6, 6.07) is 17.5. The third-order valence-electron chi connectivity index (χ3n) is 4.11. The summed E-state index contributed by atoms with van der Waals surface area (Å²) in [7, 11) is -3.79. The highest BCUT2D eigenvalue weighted by Crippen LogP contribution is 2.15. The summed E-state index contributed by atoms with van der Waals surface area (Å²) in [4.78, 5) is 24.6. The van der Waals surface area contributed by atoms with Gasteiger partial charge >= 0.3 is 0 Å². The average Bonchev–Trinajstić information content (AvgIpc) is 2.68. The summed E-state index contributed by atoms with van der Waals surface area (Å²) in [5, 5.41) is 10.3. The Bertz CT molecular complexity index is 1190. The predicted octanol–water partition coefficient (Wildman–Crippen LogP) is 2.91. The molecular formula is C21H18FN3O4S. The molecule has 3 aromatic carbocycles. The van der Waals surface area contributed by atoms with Crippen molar-refractivity contribution in [3.8, 4) is 0 Å². The monoisotopic (exact) mass is 427 g/mol. The Hall–Kier alpha value is -3.56. The number of rotatable bonds is 6. The number of anilines is 2. The number of halogens is 1. The summed E-state index contributed by atoms with van der Waals surface area (Å²) in [6.45, 7) is 0. The fourth-order valence-electron chi connectivity index (χ4n) is 2.70. The van der Waals surface area contributed by atoms with Crippen LogP contribution in [0.2, 0.25) is 0 Å². The molecule has 0 unspecified atom stereocenters. The summed E-state index contributed by atoms with van der Waals surface area (Å²) in [6.07, 6.45) is 0.00458. The molecule has 0 saturated carbocycles. The van der Waals surface area contributed by atoms with Crippen molar-refractivity contribution in [3.05, 3.63) is 89.7 Å². The van der Waals surface area contributed by atoms with Crippen molar-refractivity contribution in [3.63, 3.8) is 0 Å². The number of carbonyl (C=O) groups excluding carboxylic acids is 2. The summed E-state index contributed by atoms with van der Waals surface area (Å²) in [5.41, 5.74) is 1.61. The van der Waals surface area contributed by atoms with E-state index in [0.29, 0.717) is 16.9 Å². The molecule has 0 atom stereocenters. The fraction of sp³-hybridized carbons (Fsp3) is 0.0476. The molecule has 0 aromatic heterocycles. The average molecular weight is 427 g/mol. The van der Waals surface area contributed by atoms with Gasteiger partial charge in [-0.1, -0.05) is 24.3 Å². The molecule has 0 aliphatic heterocycles. The first kappa shape index (κ1) is 21.2. The Morgan fingerprint density at radius 1 is 0.867 bits per heavy atom. The Morgan fingerprint density at radius 2 is 1.50 bits per heavy atom. The molecule has 0 fully saturated rings. The van der Waals surface area contributed by atoms with Crippen LogP contribution < -0.4 is 15.8 Å². The van der Waals surface area contributed by atoms with Gasteiger partial charge in [-0.2, -0.15) is 0 Å². The Labute approximate surface area is 172 Å². The zero-order valence-electron chi connectivity index (χ0n) is 15.6. The van der Waals surface area contributed by atoms with E-state index in [4.69, 9.17) is 5.14 Å². The van der Waals surface area contributed by atoms with Gasteiger partial charge in [-0.3, -0.25) is 9.59 Å². The van der Waals surface area contributed by atoms with E-state index in [0.717, 1.165) is 0 Å². The topological polar surface area (TPSA) is 118 Å². The summed E-state index contributed by atoms with van der Waals surface area (Å²) < 4.78 is 35.8. The number of hydrogen-bond donors (Lipinski definition) is 3. The molecule has 30 heavy (non-hydrogen) atoms. The molecule has 2 amide bonds. The highest BCUT2D eigenvalue weighted by atomic mass is 32.2. The van der Waals surface area contributed by atoms with E-state index in [1.54, 1.807) is 24.3 Å². The van der Waals surface area contributed by atoms with E-state index in [1.165, 1.54) is 48.5 Å². The van der Waals surface area contributed by atoms with Gasteiger partial charge in [0.05, 0.1) is 11.3 Å². The van der Waals surface area contributed by atoms with Crippen molar-refractivity contribution in [2.75, 3.05) is 10.6 Å². The fourth-order valence-corrected chi connectivity index (χ4v) is 3.21. The van der Waals surface area contributed by atoms with Crippen LogP contribution in [0.4, 0.5) is 15.8 Å². The number of nitrogens with two attached hydrogens (primary N) is 1. The second-order valence-corrected chi connectivity index (χ2v) is 8.02. The lowest BCUT2D eigenvalue weighted by Crippen LogP contribution is -2.16. The van der Waals surface area contributed by atoms with Gasteiger partial charge in [0.15, 0.2) is 0 Å². The second-order valence-electron chi connectivity index (χ2n) is 6.46. The predicted molar refractivity (Wildman–Crippen MR) is 111 cm³/mol. The largest absolute Gasteiger partial charge is 0.326 e. The minimum atomic E-state index is -3.79. The van der Waals surface area contributed by atoms with E-state index in [-0.39, 0.29) is 22.8 Å². The maximum Gasteiger partial charge on any atom is 0.255 e. The molecule has 3 rings (SSSR count).